The highest BCUT2D eigenvalue weighted by Crippen LogP contribution is 2.05. The van der Waals surface area contributed by atoms with Crippen LogP contribution in [0.1, 0.15) is 11.3 Å². The number of nitrogens with zero attached hydrogens (tertiary/aromatic N) is 4. The van der Waals surface area contributed by atoms with Gasteiger partial charge in [-0.2, -0.15) is 0 Å². The van der Waals surface area contributed by atoms with E-state index in [2.05, 4.69) is 15.1 Å². The molecule has 0 aromatic carbocycles. The topological polar surface area (TPSA) is 95.9 Å². The molecule has 0 aliphatic heterocycles. The molecule has 94 valence electrons. The molecule has 0 fully saturated rings. The number of rotatable bonds is 4. The number of hydrogen-bond acceptors (Lipinski definition) is 6. The van der Waals surface area contributed by atoms with Crippen LogP contribution in [-0.4, -0.2) is 25.7 Å². The van der Waals surface area contributed by atoms with Gasteiger partial charge in [0.15, 0.2) is 0 Å². The van der Waals surface area contributed by atoms with Crippen molar-refractivity contribution in [2.45, 2.75) is 20.1 Å². The number of pyridine rings is 1. The van der Waals surface area contributed by atoms with Crippen LogP contribution in [0.5, 0.6) is 0 Å². The molecule has 2 N–H and O–H groups in total. The lowest BCUT2D eigenvalue weighted by Gasteiger charge is -2.06. The van der Waals surface area contributed by atoms with Crippen molar-refractivity contribution in [2.24, 2.45) is 0 Å². The third-order valence-corrected chi connectivity index (χ3v) is 2.33. The van der Waals surface area contributed by atoms with Gasteiger partial charge in [0.1, 0.15) is 19.5 Å². The van der Waals surface area contributed by atoms with Crippen LogP contribution in [0.2, 0.25) is 0 Å². The van der Waals surface area contributed by atoms with Gasteiger partial charge >= 0.3 is 5.97 Å². The zero-order valence-corrected chi connectivity index (χ0v) is 9.91. The fraction of sp³-hybridized carbons (Fsp3) is 0.273. The van der Waals surface area contributed by atoms with Crippen molar-refractivity contribution in [1.29, 1.82) is 0 Å². The Hall–Kier alpha value is -2.44. The number of esters is 1. The fourth-order valence-electron chi connectivity index (χ4n) is 1.38. The summed E-state index contributed by atoms with van der Waals surface area (Å²) < 4.78 is 6.41. The Labute approximate surface area is 104 Å². The monoisotopic (exact) mass is 247 g/mol. The van der Waals surface area contributed by atoms with Crippen molar-refractivity contribution in [3.8, 4) is 0 Å². The number of aromatic nitrogens is 4. The molecule has 0 atom stereocenters. The van der Waals surface area contributed by atoms with E-state index >= 15 is 0 Å². The first kappa shape index (κ1) is 12.0. The zero-order chi connectivity index (χ0) is 13.0. The van der Waals surface area contributed by atoms with E-state index in [4.69, 9.17) is 10.5 Å². The van der Waals surface area contributed by atoms with Gasteiger partial charge in [0.2, 0.25) is 5.95 Å². The second kappa shape index (κ2) is 5.26. The van der Waals surface area contributed by atoms with Crippen molar-refractivity contribution in [1.82, 2.24) is 19.7 Å². The number of nitrogens with two attached hydrogens (primary N) is 1. The summed E-state index contributed by atoms with van der Waals surface area (Å²) in [7, 11) is 0. The van der Waals surface area contributed by atoms with Crippen LogP contribution >= 0.6 is 0 Å². The van der Waals surface area contributed by atoms with Crippen LogP contribution < -0.4 is 5.73 Å². The summed E-state index contributed by atoms with van der Waals surface area (Å²) in [4.78, 5) is 19.4. The first-order chi connectivity index (χ1) is 8.65. The third-order valence-electron chi connectivity index (χ3n) is 2.33. The Bertz CT molecular complexity index is 552. The molecule has 0 saturated heterocycles. The molecule has 2 rings (SSSR count). The number of carbonyl (C=O) groups excluding carboxylic acids is 1. The number of aryl methyl sites for hydroxylation is 1. The smallest absolute Gasteiger partial charge is 0.328 e. The molecule has 0 radical (unpaired) electrons. The molecule has 7 heteroatoms. The molecule has 7 nitrogen and oxygen atoms in total. The van der Waals surface area contributed by atoms with Gasteiger partial charge in [-0.3, -0.25) is 9.78 Å². The van der Waals surface area contributed by atoms with E-state index < -0.39 is 5.97 Å². The number of anilines is 1. The normalized spacial score (nSPS) is 10.3. The predicted molar refractivity (Wildman–Crippen MR) is 63.2 cm³/mol. The van der Waals surface area contributed by atoms with E-state index in [-0.39, 0.29) is 19.1 Å². The highest BCUT2D eigenvalue weighted by atomic mass is 16.5. The first-order valence-corrected chi connectivity index (χ1v) is 5.36. The second-order valence-electron chi connectivity index (χ2n) is 3.73. The molecule has 0 bridgehead atoms. The minimum absolute atomic E-state index is 0.0178. The Balaban J connectivity index is 1.87. The van der Waals surface area contributed by atoms with E-state index in [9.17, 15) is 4.79 Å². The average Bonchev–Trinajstić information content (AvgIpc) is 2.74. The molecular formula is C11H13N5O2. The van der Waals surface area contributed by atoms with Crippen molar-refractivity contribution in [3.05, 3.63) is 35.9 Å². The maximum atomic E-state index is 11.5. The van der Waals surface area contributed by atoms with E-state index in [1.54, 1.807) is 6.20 Å². The standard InChI is InChI=1S/C11H13N5O2/c1-8-3-2-4-13-9(8)6-18-10(17)5-16-7-14-11(12)15-16/h2-4,7H,5-6H2,1H3,(H2,12,15). The summed E-state index contributed by atoms with van der Waals surface area (Å²) >= 11 is 0. The number of hydrogen-bond donors (Lipinski definition) is 1. The molecule has 0 saturated carbocycles. The van der Waals surface area contributed by atoms with Crippen molar-refractivity contribution in [2.75, 3.05) is 5.73 Å². The molecule has 0 spiro atoms. The maximum Gasteiger partial charge on any atom is 0.328 e. The largest absolute Gasteiger partial charge is 0.458 e. The minimum atomic E-state index is -0.412. The van der Waals surface area contributed by atoms with Gasteiger partial charge in [-0.15, -0.1) is 5.10 Å². The lowest BCUT2D eigenvalue weighted by atomic mass is 10.2. The van der Waals surface area contributed by atoms with Crippen LogP contribution in [0.3, 0.4) is 0 Å². The van der Waals surface area contributed by atoms with E-state index in [1.165, 1.54) is 11.0 Å². The van der Waals surface area contributed by atoms with Crippen LogP contribution in [0.4, 0.5) is 5.95 Å². The quantitative estimate of drug-likeness (QED) is 0.781. The first-order valence-electron chi connectivity index (χ1n) is 5.36. The summed E-state index contributed by atoms with van der Waals surface area (Å²) in [6.45, 7) is 2.04. The van der Waals surface area contributed by atoms with Crippen molar-refractivity contribution in [3.63, 3.8) is 0 Å². The summed E-state index contributed by atoms with van der Waals surface area (Å²) in [5, 5.41) is 3.79. The van der Waals surface area contributed by atoms with Gasteiger partial charge in [0, 0.05) is 6.20 Å². The molecule has 2 aromatic rings. The van der Waals surface area contributed by atoms with Crippen LogP contribution in [-0.2, 0) is 22.7 Å². The summed E-state index contributed by atoms with van der Waals surface area (Å²) in [5.41, 5.74) is 7.06. The Morgan fingerprint density at radius 1 is 1.50 bits per heavy atom. The van der Waals surface area contributed by atoms with Gasteiger partial charge in [0.25, 0.3) is 0 Å². The Morgan fingerprint density at radius 3 is 3.00 bits per heavy atom. The minimum Gasteiger partial charge on any atom is -0.458 e. The SMILES string of the molecule is Cc1cccnc1COC(=O)Cn1cnc(N)n1. The molecule has 18 heavy (non-hydrogen) atoms. The van der Waals surface area contributed by atoms with Gasteiger partial charge in [-0.25, -0.2) is 9.67 Å². The lowest BCUT2D eigenvalue weighted by Crippen LogP contribution is -2.14. The number of nitrogen functional groups attached to an aromatic ring is 1. The fourth-order valence-corrected chi connectivity index (χ4v) is 1.38. The Kier molecular flexibility index (Phi) is 3.52. The molecule has 0 aliphatic rings. The average molecular weight is 247 g/mol. The molecule has 2 aromatic heterocycles. The number of carbonyl (C=O) groups is 1. The maximum absolute atomic E-state index is 11.5. The van der Waals surface area contributed by atoms with Crippen molar-refractivity contribution >= 4 is 11.9 Å². The summed E-state index contributed by atoms with van der Waals surface area (Å²) in [6.07, 6.45) is 3.04. The van der Waals surface area contributed by atoms with E-state index in [0.717, 1.165) is 11.3 Å². The highest BCUT2D eigenvalue weighted by molar-refractivity contribution is 5.69. The van der Waals surface area contributed by atoms with Crippen molar-refractivity contribution < 1.29 is 9.53 Å². The molecule has 0 unspecified atom stereocenters. The number of ether oxygens (including phenoxy) is 1. The van der Waals surface area contributed by atoms with Gasteiger partial charge in [-0.1, -0.05) is 6.07 Å². The third kappa shape index (κ3) is 3.03. The summed E-state index contributed by atoms with van der Waals surface area (Å²) in [6, 6.07) is 3.74. The highest BCUT2D eigenvalue weighted by Gasteiger charge is 2.07. The van der Waals surface area contributed by atoms with E-state index in [0.29, 0.717) is 0 Å². The van der Waals surface area contributed by atoms with Crippen LogP contribution in [0, 0.1) is 6.92 Å². The second-order valence-corrected chi connectivity index (χ2v) is 3.73. The van der Waals surface area contributed by atoms with Crippen LogP contribution in [0.25, 0.3) is 0 Å². The van der Waals surface area contributed by atoms with E-state index in [1.807, 2.05) is 19.1 Å². The Morgan fingerprint density at radius 2 is 2.33 bits per heavy atom. The molecule has 2 heterocycles. The van der Waals surface area contributed by atoms with Gasteiger partial charge in [0.05, 0.1) is 5.69 Å². The lowest BCUT2D eigenvalue weighted by molar-refractivity contribution is -0.146. The predicted octanol–water partition coefficient (Wildman–Crippen LogP) is 0.307. The van der Waals surface area contributed by atoms with Crippen LogP contribution in [0.15, 0.2) is 24.7 Å². The zero-order valence-electron chi connectivity index (χ0n) is 9.91. The molecule has 0 aliphatic carbocycles. The summed E-state index contributed by atoms with van der Waals surface area (Å²) in [5.74, 6) is -0.284. The van der Waals surface area contributed by atoms with Gasteiger partial charge in [-0.05, 0) is 18.6 Å². The molecular weight excluding hydrogens is 234 g/mol. The molecule has 0 amide bonds. The van der Waals surface area contributed by atoms with Gasteiger partial charge < -0.3 is 10.5 Å².